The minimum absolute atomic E-state index is 0.104. The minimum atomic E-state index is -4.10. The summed E-state index contributed by atoms with van der Waals surface area (Å²) in [6.45, 7) is 1.82. The van der Waals surface area contributed by atoms with Gasteiger partial charge in [-0.15, -0.1) is 5.10 Å². The Morgan fingerprint density at radius 3 is 2.62 bits per heavy atom. The molecule has 1 N–H and O–H groups in total. The van der Waals surface area contributed by atoms with E-state index >= 15 is 0 Å². The molecule has 0 radical (unpaired) electrons. The standard InChI is InChI=1S/C17H13ClFN7O2S/c1-11-8-21-25(9-11)17-5-3-13(7-15(17)19)29(27,28)22-16-6-12(2-4-14(16)18)26-10-20-23-24-26/h2-10,22H,1H3. The van der Waals surface area contributed by atoms with Gasteiger partial charge in [-0.1, -0.05) is 11.6 Å². The first-order valence-electron chi connectivity index (χ1n) is 8.20. The Hall–Kier alpha value is -3.31. The molecule has 148 valence electrons. The maximum absolute atomic E-state index is 14.5. The number of hydrogen-bond acceptors (Lipinski definition) is 6. The Morgan fingerprint density at radius 2 is 1.97 bits per heavy atom. The summed E-state index contributed by atoms with van der Waals surface area (Å²) in [4.78, 5) is -0.258. The maximum Gasteiger partial charge on any atom is 0.262 e. The fraction of sp³-hybridized carbons (Fsp3) is 0.0588. The van der Waals surface area contributed by atoms with Gasteiger partial charge in [0.05, 0.1) is 27.5 Å². The van der Waals surface area contributed by atoms with E-state index in [0.717, 1.165) is 11.6 Å². The number of halogens is 2. The molecule has 0 unspecified atom stereocenters. The van der Waals surface area contributed by atoms with Crippen LogP contribution in [0.25, 0.3) is 11.4 Å². The number of aryl methyl sites for hydroxylation is 1. The van der Waals surface area contributed by atoms with Crippen molar-refractivity contribution in [2.75, 3.05) is 4.72 Å². The van der Waals surface area contributed by atoms with Crippen molar-refractivity contribution in [1.29, 1.82) is 0 Å². The molecule has 9 nitrogen and oxygen atoms in total. The number of benzene rings is 2. The lowest BCUT2D eigenvalue weighted by atomic mass is 10.3. The van der Waals surface area contributed by atoms with Gasteiger partial charge < -0.3 is 0 Å². The highest BCUT2D eigenvalue weighted by atomic mass is 35.5. The summed E-state index contributed by atoms with van der Waals surface area (Å²) in [5.41, 5.74) is 1.58. The highest BCUT2D eigenvalue weighted by molar-refractivity contribution is 7.92. The molecule has 4 aromatic rings. The second kappa shape index (κ2) is 7.26. The molecule has 0 saturated heterocycles. The number of rotatable bonds is 5. The van der Waals surface area contributed by atoms with Crippen LogP contribution in [0, 0.1) is 12.7 Å². The van der Waals surface area contributed by atoms with Gasteiger partial charge in [-0.2, -0.15) is 5.10 Å². The van der Waals surface area contributed by atoms with Crippen molar-refractivity contribution in [2.24, 2.45) is 0 Å². The van der Waals surface area contributed by atoms with E-state index < -0.39 is 15.8 Å². The first-order chi connectivity index (χ1) is 13.8. The topological polar surface area (TPSA) is 108 Å². The Kier molecular flexibility index (Phi) is 4.76. The Labute approximate surface area is 169 Å². The SMILES string of the molecule is Cc1cnn(-c2ccc(S(=O)(=O)Nc3cc(-n4cnnn4)ccc3Cl)cc2F)c1. The quantitative estimate of drug-likeness (QED) is 0.518. The van der Waals surface area contributed by atoms with Crippen LogP contribution in [0.4, 0.5) is 10.1 Å². The molecule has 0 aliphatic carbocycles. The number of nitrogens with one attached hydrogen (secondary N) is 1. The summed E-state index contributed by atoms with van der Waals surface area (Å²) in [5, 5.41) is 15.0. The second-order valence-corrected chi connectivity index (χ2v) is 8.19. The molecule has 4 rings (SSSR count). The zero-order valence-corrected chi connectivity index (χ0v) is 16.4. The van der Waals surface area contributed by atoms with Gasteiger partial charge in [0.15, 0.2) is 0 Å². The molecule has 0 atom stereocenters. The van der Waals surface area contributed by atoms with Gasteiger partial charge in [-0.25, -0.2) is 22.2 Å². The van der Waals surface area contributed by atoms with Crippen LogP contribution in [0.1, 0.15) is 5.56 Å². The van der Waals surface area contributed by atoms with Crippen molar-refractivity contribution in [3.8, 4) is 11.4 Å². The average Bonchev–Trinajstić information content (AvgIpc) is 3.35. The molecule has 2 aromatic carbocycles. The molecule has 29 heavy (non-hydrogen) atoms. The molecule has 2 heterocycles. The van der Waals surface area contributed by atoms with Gasteiger partial charge in [-0.3, -0.25) is 4.72 Å². The van der Waals surface area contributed by atoms with Gasteiger partial charge in [0, 0.05) is 6.20 Å². The predicted molar refractivity (Wildman–Crippen MR) is 103 cm³/mol. The minimum Gasteiger partial charge on any atom is -0.278 e. The van der Waals surface area contributed by atoms with Crippen LogP contribution >= 0.6 is 11.6 Å². The van der Waals surface area contributed by atoms with Gasteiger partial charge in [0.25, 0.3) is 10.0 Å². The molecule has 2 aromatic heterocycles. The second-order valence-electron chi connectivity index (χ2n) is 6.10. The first-order valence-corrected chi connectivity index (χ1v) is 10.1. The smallest absolute Gasteiger partial charge is 0.262 e. The monoisotopic (exact) mass is 433 g/mol. The van der Waals surface area contributed by atoms with Crippen LogP contribution in [0.5, 0.6) is 0 Å². The third kappa shape index (κ3) is 3.82. The van der Waals surface area contributed by atoms with E-state index in [9.17, 15) is 12.8 Å². The molecule has 0 fully saturated rings. The summed E-state index contributed by atoms with van der Waals surface area (Å²) < 4.78 is 45.1. The number of tetrazole rings is 1. The Morgan fingerprint density at radius 1 is 1.14 bits per heavy atom. The van der Waals surface area contributed by atoms with Crippen LogP contribution in [0.2, 0.25) is 5.02 Å². The Bertz CT molecular complexity index is 1290. The average molecular weight is 434 g/mol. The zero-order valence-electron chi connectivity index (χ0n) is 14.9. The lowest BCUT2D eigenvalue weighted by molar-refractivity contribution is 0.591. The fourth-order valence-corrected chi connectivity index (χ4v) is 3.91. The number of sulfonamides is 1. The zero-order chi connectivity index (χ0) is 20.6. The molecule has 0 aliphatic rings. The molecular formula is C17H13ClFN7O2S. The third-order valence-corrected chi connectivity index (χ3v) is 5.69. The van der Waals surface area contributed by atoms with Crippen LogP contribution in [-0.2, 0) is 10.0 Å². The lowest BCUT2D eigenvalue weighted by Crippen LogP contribution is -2.14. The van der Waals surface area contributed by atoms with Crippen molar-refractivity contribution < 1.29 is 12.8 Å². The molecule has 0 saturated carbocycles. The van der Waals surface area contributed by atoms with E-state index in [-0.39, 0.29) is 21.3 Å². The summed E-state index contributed by atoms with van der Waals surface area (Å²) in [6.07, 6.45) is 4.56. The van der Waals surface area contributed by atoms with E-state index in [1.807, 2.05) is 6.92 Å². The van der Waals surface area contributed by atoms with Crippen molar-refractivity contribution >= 4 is 27.3 Å². The summed E-state index contributed by atoms with van der Waals surface area (Å²) in [6, 6.07) is 8.14. The fourth-order valence-electron chi connectivity index (χ4n) is 2.60. The molecule has 0 amide bonds. The molecular weight excluding hydrogens is 421 g/mol. The van der Waals surface area contributed by atoms with E-state index in [1.165, 1.54) is 40.0 Å². The van der Waals surface area contributed by atoms with E-state index in [1.54, 1.807) is 18.5 Å². The van der Waals surface area contributed by atoms with Crippen molar-refractivity contribution in [2.45, 2.75) is 11.8 Å². The summed E-state index contributed by atoms with van der Waals surface area (Å²) >= 11 is 6.12. The largest absolute Gasteiger partial charge is 0.278 e. The normalized spacial score (nSPS) is 11.6. The predicted octanol–water partition coefficient (Wildman–Crippen LogP) is 2.75. The maximum atomic E-state index is 14.5. The van der Waals surface area contributed by atoms with Gasteiger partial charge in [-0.05, 0) is 59.3 Å². The molecule has 0 bridgehead atoms. The van der Waals surface area contributed by atoms with E-state index in [2.05, 4.69) is 25.3 Å². The number of hydrogen-bond donors (Lipinski definition) is 1. The molecule has 12 heteroatoms. The summed E-state index contributed by atoms with van der Waals surface area (Å²) in [5.74, 6) is -0.732. The highest BCUT2D eigenvalue weighted by Crippen LogP contribution is 2.28. The lowest BCUT2D eigenvalue weighted by Gasteiger charge is -2.12. The van der Waals surface area contributed by atoms with Crippen LogP contribution < -0.4 is 4.72 Å². The third-order valence-electron chi connectivity index (χ3n) is 4.00. The van der Waals surface area contributed by atoms with Crippen LogP contribution in [-0.4, -0.2) is 38.4 Å². The van der Waals surface area contributed by atoms with Crippen molar-refractivity contribution in [3.63, 3.8) is 0 Å². The molecule has 0 spiro atoms. The van der Waals surface area contributed by atoms with Crippen molar-refractivity contribution in [1.82, 2.24) is 30.0 Å². The number of nitrogens with zero attached hydrogens (tertiary/aromatic N) is 6. The van der Waals surface area contributed by atoms with Crippen LogP contribution in [0.3, 0.4) is 0 Å². The Balaban J connectivity index is 1.66. The number of aromatic nitrogens is 6. The summed E-state index contributed by atoms with van der Waals surface area (Å²) in [7, 11) is -4.10. The highest BCUT2D eigenvalue weighted by Gasteiger charge is 2.19. The number of anilines is 1. The van der Waals surface area contributed by atoms with Gasteiger partial charge in [0.1, 0.15) is 17.8 Å². The molecule has 0 aliphatic heterocycles. The van der Waals surface area contributed by atoms with Crippen LogP contribution in [0.15, 0.2) is 60.0 Å². The first kappa shape index (κ1) is 19.0. The van der Waals surface area contributed by atoms with Crippen molar-refractivity contribution in [3.05, 3.63) is 71.5 Å². The van der Waals surface area contributed by atoms with Gasteiger partial charge in [0.2, 0.25) is 0 Å². The van der Waals surface area contributed by atoms with E-state index in [4.69, 9.17) is 11.6 Å². The van der Waals surface area contributed by atoms with Gasteiger partial charge >= 0.3 is 0 Å². The van der Waals surface area contributed by atoms with E-state index in [0.29, 0.717) is 5.69 Å².